The van der Waals surface area contributed by atoms with Crippen LogP contribution >= 0.6 is 15.9 Å². The number of amides is 1. The first kappa shape index (κ1) is 16.2. The van der Waals surface area contributed by atoms with E-state index in [9.17, 15) is 9.59 Å². The Morgan fingerprint density at radius 3 is 2.86 bits per heavy atom. The lowest BCUT2D eigenvalue weighted by Gasteiger charge is -2.06. The Bertz CT molecular complexity index is 656. The van der Waals surface area contributed by atoms with Gasteiger partial charge in [-0.3, -0.25) is 9.59 Å². The van der Waals surface area contributed by atoms with Crippen molar-refractivity contribution in [3.8, 4) is 5.75 Å². The van der Waals surface area contributed by atoms with Crippen LogP contribution in [0.3, 0.4) is 0 Å². The fourth-order valence-corrected chi connectivity index (χ4v) is 2.50. The van der Waals surface area contributed by atoms with Gasteiger partial charge in [0.05, 0.1) is 17.9 Å². The topological polar surface area (TPSA) is 84.1 Å². The van der Waals surface area contributed by atoms with Crippen LogP contribution in [0.5, 0.6) is 5.75 Å². The predicted molar refractivity (Wildman–Crippen MR) is 84.7 cm³/mol. The van der Waals surface area contributed by atoms with Gasteiger partial charge in [0, 0.05) is 31.3 Å². The molecular formula is C15H16BrN3O3. The third-order valence-electron chi connectivity index (χ3n) is 3.07. The first-order chi connectivity index (χ1) is 10.6. The second-order valence-corrected chi connectivity index (χ2v) is 5.51. The summed E-state index contributed by atoms with van der Waals surface area (Å²) in [6.07, 6.45) is 3.91. The Kier molecular flexibility index (Phi) is 5.71. The maximum absolute atomic E-state index is 11.9. The number of hydrogen-bond acceptors (Lipinski definition) is 4. The van der Waals surface area contributed by atoms with E-state index in [0.717, 1.165) is 15.7 Å². The van der Waals surface area contributed by atoms with E-state index < -0.39 is 11.7 Å². The Labute approximate surface area is 136 Å². The van der Waals surface area contributed by atoms with Crippen LogP contribution in [0, 0.1) is 0 Å². The minimum absolute atomic E-state index is 0.0541. The fourth-order valence-electron chi connectivity index (χ4n) is 1.92. The molecule has 0 saturated carbocycles. The molecule has 0 radical (unpaired) electrons. The van der Waals surface area contributed by atoms with Gasteiger partial charge in [-0.2, -0.15) is 0 Å². The van der Waals surface area contributed by atoms with Crippen LogP contribution in [-0.2, 0) is 22.4 Å². The quantitative estimate of drug-likeness (QED) is 0.730. The SMILES string of the molecule is COc1ccc(CC(=O)C(=O)NCCc2cnc[nH]2)cc1Br. The number of ether oxygens (including phenoxy) is 1. The molecule has 0 atom stereocenters. The fraction of sp³-hybridized carbons (Fsp3) is 0.267. The predicted octanol–water partition coefficient (Wildman–Crippen LogP) is 1.65. The molecule has 1 aromatic carbocycles. The molecule has 0 aliphatic heterocycles. The molecule has 2 aromatic rings. The summed E-state index contributed by atoms with van der Waals surface area (Å²) >= 11 is 3.35. The highest BCUT2D eigenvalue weighted by Gasteiger charge is 2.14. The van der Waals surface area contributed by atoms with Crippen LogP contribution in [0.25, 0.3) is 0 Å². The summed E-state index contributed by atoms with van der Waals surface area (Å²) in [5, 5.41) is 2.61. The van der Waals surface area contributed by atoms with Crippen LogP contribution in [0.15, 0.2) is 35.2 Å². The van der Waals surface area contributed by atoms with E-state index in [2.05, 4.69) is 31.2 Å². The smallest absolute Gasteiger partial charge is 0.287 e. The van der Waals surface area contributed by atoms with Crippen molar-refractivity contribution in [3.05, 3.63) is 46.5 Å². The Hall–Kier alpha value is -2.15. The van der Waals surface area contributed by atoms with Crippen molar-refractivity contribution >= 4 is 27.6 Å². The number of imidazole rings is 1. The summed E-state index contributed by atoms with van der Waals surface area (Å²) in [5.74, 6) is -0.367. The summed E-state index contributed by atoms with van der Waals surface area (Å²) in [5.41, 5.74) is 1.66. The average Bonchev–Trinajstić information content (AvgIpc) is 3.00. The van der Waals surface area contributed by atoms with Gasteiger partial charge in [0.15, 0.2) is 0 Å². The molecule has 116 valence electrons. The molecule has 0 aliphatic carbocycles. The second-order valence-electron chi connectivity index (χ2n) is 4.65. The molecule has 22 heavy (non-hydrogen) atoms. The number of carbonyl (C=O) groups excluding carboxylic acids is 2. The van der Waals surface area contributed by atoms with Gasteiger partial charge in [-0.15, -0.1) is 0 Å². The van der Waals surface area contributed by atoms with Crippen molar-refractivity contribution in [1.82, 2.24) is 15.3 Å². The van der Waals surface area contributed by atoms with E-state index in [-0.39, 0.29) is 6.42 Å². The van der Waals surface area contributed by atoms with E-state index in [4.69, 9.17) is 4.74 Å². The standard InChI is InChI=1S/C15H16BrN3O3/c1-22-14-3-2-10(6-12(14)16)7-13(20)15(21)18-5-4-11-8-17-9-19-11/h2-3,6,8-9H,4-5,7H2,1H3,(H,17,19)(H,18,21). The summed E-state index contributed by atoms with van der Waals surface area (Å²) < 4.78 is 5.87. The first-order valence-corrected chi connectivity index (χ1v) is 7.50. The molecule has 0 saturated heterocycles. The molecule has 1 heterocycles. The number of nitrogens with zero attached hydrogens (tertiary/aromatic N) is 1. The number of nitrogens with one attached hydrogen (secondary N) is 2. The van der Waals surface area contributed by atoms with Crippen molar-refractivity contribution in [3.63, 3.8) is 0 Å². The van der Waals surface area contributed by atoms with E-state index in [1.54, 1.807) is 37.8 Å². The van der Waals surface area contributed by atoms with Gasteiger partial charge in [0.2, 0.25) is 5.78 Å². The number of ketones is 1. The van der Waals surface area contributed by atoms with Gasteiger partial charge in [-0.05, 0) is 33.6 Å². The third-order valence-corrected chi connectivity index (χ3v) is 3.69. The third kappa shape index (κ3) is 4.42. The lowest BCUT2D eigenvalue weighted by atomic mass is 10.1. The van der Waals surface area contributed by atoms with E-state index >= 15 is 0 Å². The van der Waals surface area contributed by atoms with Gasteiger partial charge in [0.1, 0.15) is 5.75 Å². The number of carbonyl (C=O) groups is 2. The van der Waals surface area contributed by atoms with E-state index in [0.29, 0.717) is 18.7 Å². The number of benzene rings is 1. The average molecular weight is 366 g/mol. The minimum Gasteiger partial charge on any atom is -0.496 e. The molecule has 0 unspecified atom stereocenters. The lowest BCUT2D eigenvalue weighted by molar-refractivity contribution is -0.137. The van der Waals surface area contributed by atoms with Crippen molar-refractivity contribution in [2.75, 3.05) is 13.7 Å². The minimum atomic E-state index is -0.577. The normalized spacial score (nSPS) is 10.3. The molecule has 2 rings (SSSR count). The second kappa shape index (κ2) is 7.74. The maximum atomic E-state index is 11.9. The maximum Gasteiger partial charge on any atom is 0.287 e. The van der Waals surface area contributed by atoms with Crippen LogP contribution in [0.2, 0.25) is 0 Å². The highest BCUT2D eigenvalue weighted by atomic mass is 79.9. The van der Waals surface area contributed by atoms with Crippen LogP contribution in [0.4, 0.5) is 0 Å². The van der Waals surface area contributed by atoms with Crippen molar-refractivity contribution in [2.24, 2.45) is 0 Å². The molecule has 0 aliphatic rings. The summed E-state index contributed by atoms with van der Waals surface area (Å²) in [6.45, 7) is 0.388. The number of H-pyrrole nitrogens is 1. The number of halogens is 1. The highest BCUT2D eigenvalue weighted by Crippen LogP contribution is 2.25. The Morgan fingerprint density at radius 1 is 1.41 bits per heavy atom. The molecule has 1 amide bonds. The van der Waals surface area contributed by atoms with Gasteiger partial charge < -0.3 is 15.0 Å². The summed E-state index contributed by atoms with van der Waals surface area (Å²) in [4.78, 5) is 30.5. The van der Waals surface area contributed by atoms with E-state index in [1.807, 2.05) is 0 Å². The highest BCUT2D eigenvalue weighted by molar-refractivity contribution is 9.10. The first-order valence-electron chi connectivity index (χ1n) is 6.71. The molecule has 6 nitrogen and oxygen atoms in total. The number of Topliss-reactive ketones (excluding diaryl/α,β-unsaturated/α-hetero) is 1. The van der Waals surface area contributed by atoms with Gasteiger partial charge in [-0.1, -0.05) is 6.07 Å². The zero-order valence-electron chi connectivity index (χ0n) is 12.1. The molecular weight excluding hydrogens is 350 g/mol. The largest absolute Gasteiger partial charge is 0.496 e. The zero-order valence-corrected chi connectivity index (χ0v) is 13.6. The van der Waals surface area contributed by atoms with Gasteiger partial charge >= 0.3 is 0 Å². The number of hydrogen-bond donors (Lipinski definition) is 2. The number of rotatable bonds is 7. The molecule has 0 fully saturated rings. The van der Waals surface area contributed by atoms with Crippen molar-refractivity contribution in [1.29, 1.82) is 0 Å². The molecule has 7 heteroatoms. The molecule has 0 bridgehead atoms. The van der Waals surface area contributed by atoms with Crippen LogP contribution < -0.4 is 10.1 Å². The lowest BCUT2D eigenvalue weighted by Crippen LogP contribution is -2.33. The number of aromatic nitrogens is 2. The monoisotopic (exact) mass is 365 g/mol. The van der Waals surface area contributed by atoms with E-state index in [1.165, 1.54) is 0 Å². The zero-order chi connectivity index (χ0) is 15.9. The Morgan fingerprint density at radius 2 is 2.23 bits per heavy atom. The molecule has 0 spiro atoms. The number of methoxy groups -OCH3 is 1. The number of aromatic amines is 1. The summed E-state index contributed by atoms with van der Waals surface area (Å²) in [7, 11) is 1.57. The molecule has 1 aromatic heterocycles. The molecule has 2 N–H and O–H groups in total. The van der Waals surface area contributed by atoms with Crippen molar-refractivity contribution < 1.29 is 14.3 Å². The van der Waals surface area contributed by atoms with Gasteiger partial charge in [0.25, 0.3) is 5.91 Å². The van der Waals surface area contributed by atoms with Crippen molar-refractivity contribution in [2.45, 2.75) is 12.8 Å². The van der Waals surface area contributed by atoms with Crippen LogP contribution in [0.1, 0.15) is 11.3 Å². The Balaban J connectivity index is 1.83. The van der Waals surface area contributed by atoms with Crippen LogP contribution in [-0.4, -0.2) is 35.3 Å². The van der Waals surface area contributed by atoms with Gasteiger partial charge in [-0.25, -0.2) is 4.98 Å². The summed E-state index contributed by atoms with van der Waals surface area (Å²) in [6, 6.07) is 5.29.